The predicted octanol–water partition coefficient (Wildman–Crippen LogP) is 1.86. The molecule has 0 saturated carbocycles. The average Bonchev–Trinajstić information content (AvgIpc) is 2.69. The van der Waals surface area contributed by atoms with Gasteiger partial charge in [-0.15, -0.1) is 0 Å². The van der Waals surface area contributed by atoms with E-state index < -0.39 is 0 Å². The van der Waals surface area contributed by atoms with Gasteiger partial charge in [-0.25, -0.2) is 15.0 Å². The topological polar surface area (TPSA) is 69.6 Å². The molecule has 0 amide bonds. The first-order valence-corrected chi connectivity index (χ1v) is 6.11. The Hall–Kier alpha value is -1.75. The zero-order valence-corrected chi connectivity index (χ0v) is 11.3. The number of nitrogens with two attached hydrogens (primary N) is 1. The number of aromatic nitrogens is 4. The Bertz CT molecular complexity index is 557. The van der Waals surface area contributed by atoms with Crippen LogP contribution in [0.1, 0.15) is 42.7 Å². The first-order chi connectivity index (χ1) is 8.54. The van der Waals surface area contributed by atoms with Crippen molar-refractivity contribution in [3.8, 4) is 5.69 Å². The Morgan fingerprint density at radius 1 is 1.28 bits per heavy atom. The minimum absolute atomic E-state index is 0.301. The summed E-state index contributed by atoms with van der Waals surface area (Å²) in [7, 11) is 0. The molecular weight excluding hydrogens is 226 g/mol. The number of nitrogens with zero attached hydrogens (tertiary/aromatic N) is 4. The Morgan fingerprint density at radius 3 is 2.50 bits per heavy atom. The lowest BCUT2D eigenvalue weighted by Gasteiger charge is -2.12. The first-order valence-electron chi connectivity index (χ1n) is 6.11. The van der Waals surface area contributed by atoms with Gasteiger partial charge in [0.1, 0.15) is 5.82 Å². The third-order valence-corrected chi connectivity index (χ3v) is 3.09. The monoisotopic (exact) mass is 245 g/mol. The molecule has 0 aliphatic carbocycles. The molecule has 2 aromatic heterocycles. The maximum Gasteiger partial charge on any atom is 0.131 e. The van der Waals surface area contributed by atoms with Crippen molar-refractivity contribution in [1.29, 1.82) is 0 Å². The minimum atomic E-state index is 0.301. The molecule has 0 aliphatic heterocycles. The largest absolute Gasteiger partial charge is 0.325 e. The second-order valence-corrected chi connectivity index (χ2v) is 4.70. The van der Waals surface area contributed by atoms with Crippen LogP contribution in [0.3, 0.4) is 0 Å². The third-order valence-electron chi connectivity index (χ3n) is 3.09. The number of hydrogen-bond donors (Lipinski definition) is 1. The van der Waals surface area contributed by atoms with Gasteiger partial charge in [0, 0.05) is 18.2 Å². The summed E-state index contributed by atoms with van der Waals surface area (Å²) in [5.41, 5.74) is 9.66. The van der Waals surface area contributed by atoms with Gasteiger partial charge in [0.05, 0.1) is 29.6 Å². The van der Waals surface area contributed by atoms with Crippen molar-refractivity contribution in [2.75, 3.05) is 0 Å². The van der Waals surface area contributed by atoms with Gasteiger partial charge < -0.3 is 5.73 Å². The molecule has 0 atom stereocenters. The van der Waals surface area contributed by atoms with E-state index in [0.717, 1.165) is 28.6 Å². The summed E-state index contributed by atoms with van der Waals surface area (Å²) in [6.07, 6.45) is 3.62. The van der Waals surface area contributed by atoms with Crippen molar-refractivity contribution in [3.05, 3.63) is 35.4 Å². The molecule has 18 heavy (non-hydrogen) atoms. The van der Waals surface area contributed by atoms with Gasteiger partial charge in [-0.2, -0.15) is 0 Å². The molecule has 0 unspecified atom stereocenters. The summed E-state index contributed by atoms with van der Waals surface area (Å²) >= 11 is 0. The standard InChI is InChI=1S/C13H19N5/c1-8(2)13-15-6-12(11(5-14)17-13)18-7-16-9(3)10(18)4/h6-8H,5,14H2,1-4H3. The van der Waals surface area contributed by atoms with E-state index in [1.54, 1.807) is 6.33 Å². The lowest BCUT2D eigenvalue weighted by atomic mass is 10.2. The zero-order chi connectivity index (χ0) is 13.3. The fourth-order valence-electron chi connectivity index (χ4n) is 1.80. The molecule has 2 rings (SSSR count). The first kappa shape index (κ1) is 12.7. The summed E-state index contributed by atoms with van der Waals surface area (Å²) in [5.74, 6) is 1.13. The highest BCUT2D eigenvalue weighted by molar-refractivity contribution is 5.37. The average molecular weight is 245 g/mol. The van der Waals surface area contributed by atoms with E-state index in [1.807, 2.05) is 24.6 Å². The Kier molecular flexibility index (Phi) is 3.43. The smallest absolute Gasteiger partial charge is 0.131 e. The van der Waals surface area contributed by atoms with E-state index in [0.29, 0.717) is 12.5 Å². The van der Waals surface area contributed by atoms with Crippen molar-refractivity contribution >= 4 is 0 Å². The molecule has 0 aliphatic rings. The summed E-state index contributed by atoms with van der Waals surface area (Å²) in [4.78, 5) is 13.2. The van der Waals surface area contributed by atoms with Crippen molar-refractivity contribution < 1.29 is 0 Å². The van der Waals surface area contributed by atoms with Crippen LogP contribution in [-0.2, 0) is 6.54 Å². The van der Waals surface area contributed by atoms with Crippen molar-refractivity contribution in [1.82, 2.24) is 19.5 Å². The van der Waals surface area contributed by atoms with Gasteiger partial charge in [0.25, 0.3) is 0 Å². The summed E-state index contributed by atoms with van der Waals surface area (Å²) < 4.78 is 1.99. The van der Waals surface area contributed by atoms with Crippen molar-refractivity contribution in [3.63, 3.8) is 0 Å². The van der Waals surface area contributed by atoms with E-state index in [2.05, 4.69) is 28.8 Å². The molecule has 96 valence electrons. The molecule has 0 radical (unpaired) electrons. The molecule has 0 aromatic carbocycles. The highest BCUT2D eigenvalue weighted by Crippen LogP contribution is 2.18. The van der Waals surface area contributed by atoms with Crippen LogP contribution < -0.4 is 5.73 Å². The lowest BCUT2D eigenvalue weighted by molar-refractivity contribution is 0.746. The molecule has 2 N–H and O–H groups in total. The van der Waals surface area contributed by atoms with Crippen LogP contribution >= 0.6 is 0 Å². The summed E-state index contributed by atoms with van der Waals surface area (Å²) in [5, 5.41) is 0. The van der Waals surface area contributed by atoms with E-state index in [9.17, 15) is 0 Å². The highest BCUT2D eigenvalue weighted by atomic mass is 15.1. The molecular formula is C13H19N5. The van der Waals surface area contributed by atoms with Crippen molar-refractivity contribution in [2.45, 2.75) is 40.2 Å². The van der Waals surface area contributed by atoms with Crippen LogP contribution in [0.25, 0.3) is 5.69 Å². The molecule has 0 spiro atoms. The zero-order valence-electron chi connectivity index (χ0n) is 11.3. The molecule has 5 nitrogen and oxygen atoms in total. The van der Waals surface area contributed by atoms with Gasteiger partial charge in [-0.05, 0) is 13.8 Å². The maximum absolute atomic E-state index is 5.79. The van der Waals surface area contributed by atoms with Gasteiger partial charge in [0.15, 0.2) is 0 Å². The lowest BCUT2D eigenvalue weighted by Crippen LogP contribution is -2.11. The van der Waals surface area contributed by atoms with Gasteiger partial charge in [0.2, 0.25) is 0 Å². The van der Waals surface area contributed by atoms with Crippen LogP contribution in [0.4, 0.5) is 0 Å². The number of aryl methyl sites for hydroxylation is 1. The predicted molar refractivity (Wildman–Crippen MR) is 70.6 cm³/mol. The molecule has 0 fully saturated rings. The Morgan fingerprint density at radius 2 is 2.00 bits per heavy atom. The fourth-order valence-corrected chi connectivity index (χ4v) is 1.80. The molecule has 2 aromatic rings. The van der Waals surface area contributed by atoms with E-state index in [-0.39, 0.29) is 0 Å². The van der Waals surface area contributed by atoms with Crippen LogP contribution in [0.2, 0.25) is 0 Å². The molecule has 5 heteroatoms. The highest BCUT2D eigenvalue weighted by Gasteiger charge is 2.12. The third kappa shape index (κ3) is 2.13. The quantitative estimate of drug-likeness (QED) is 0.896. The van der Waals surface area contributed by atoms with Crippen LogP contribution in [-0.4, -0.2) is 19.5 Å². The summed E-state index contributed by atoms with van der Waals surface area (Å²) in [6, 6.07) is 0. The van der Waals surface area contributed by atoms with E-state index in [1.165, 1.54) is 0 Å². The maximum atomic E-state index is 5.79. The van der Waals surface area contributed by atoms with E-state index in [4.69, 9.17) is 5.73 Å². The number of hydrogen-bond acceptors (Lipinski definition) is 4. The van der Waals surface area contributed by atoms with Crippen LogP contribution in [0.5, 0.6) is 0 Å². The normalized spacial score (nSPS) is 11.2. The van der Waals surface area contributed by atoms with Gasteiger partial charge in [-0.1, -0.05) is 13.8 Å². The fraction of sp³-hybridized carbons (Fsp3) is 0.462. The SMILES string of the molecule is Cc1ncn(-c2cnc(C(C)C)nc2CN)c1C. The number of rotatable bonds is 3. The van der Waals surface area contributed by atoms with Crippen LogP contribution in [0, 0.1) is 13.8 Å². The van der Waals surface area contributed by atoms with Crippen LogP contribution in [0.15, 0.2) is 12.5 Å². The minimum Gasteiger partial charge on any atom is -0.325 e. The van der Waals surface area contributed by atoms with Gasteiger partial charge in [-0.3, -0.25) is 4.57 Å². The second kappa shape index (κ2) is 4.86. The van der Waals surface area contributed by atoms with Gasteiger partial charge >= 0.3 is 0 Å². The molecule has 0 bridgehead atoms. The molecule has 0 saturated heterocycles. The van der Waals surface area contributed by atoms with E-state index >= 15 is 0 Å². The Labute approximate surface area is 107 Å². The Balaban J connectivity index is 2.54. The second-order valence-electron chi connectivity index (χ2n) is 4.70. The molecule has 2 heterocycles. The summed E-state index contributed by atoms with van der Waals surface area (Å²) in [6.45, 7) is 8.55. The van der Waals surface area contributed by atoms with Crippen molar-refractivity contribution in [2.24, 2.45) is 5.73 Å². The number of imidazole rings is 1.